The molecule has 0 saturated heterocycles. The van der Waals surface area contributed by atoms with Gasteiger partial charge in [-0.05, 0) is 30.9 Å². The maximum absolute atomic E-state index is 7.42. The molecule has 0 amide bonds. The van der Waals surface area contributed by atoms with E-state index in [1.54, 1.807) is 11.3 Å². The van der Waals surface area contributed by atoms with Gasteiger partial charge in [-0.25, -0.2) is 0 Å². The number of nitrogen functional groups attached to an aromatic ring is 1. The van der Waals surface area contributed by atoms with E-state index in [-0.39, 0.29) is 5.84 Å². The smallest absolute Gasteiger partial charge is 0.122 e. The van der Waals surface area contributed by atoms with E-state index in [0.29, 0.717) is 6.04 Å². The van der Waals surface area contributed by atoms with Crippen LogP contribution >= 0.6 is 11.3 Å². The monoisotopic (exact) mass is 287 g/mol. The number of rotatable bonds is 6. The molecule has 3 nitrogen and oxygen atoms in total. The van der Waals surface area contributed by atoms with Crippen molar-refractivity contribution in [3.63, 3.8) is 0 Å². The second kappa shape index (κ2) is 6.68. The third kappa shape index (κ3) is 3.92. The van der Waals surface area contributed by atoms with Gasteiger partial charge in [-0.1, -0.05) is 30.3 Å². The molecule has 2 rings (SSSR count). The lowest BCUT2D eigenvalue weighted by molar-refractivity contribution is 0.205. The van der Waals surface area contributed by atoms with Crippen LogP contribution in [0, 0.1) is 5.41 Å². The summed E-state index contributed by atoms with van der Waals surface area (Å²) >= 11 is 1.80. The molecule has 0 aliphatic rings. The summed E-state index contributed by atoms with van der Waals surface area (Å²) in [6.07, 6.45) is 0. The Morgan fingerprint density at radius 3 is 2.40 bits per heavy atom. The van der Waals surface area contributed by atoms with Gasteiger partial charge in [0, 0.05) is 29.6 Å². The van der Waals surface area contributed by atoms with Gasteiger partial charge in [0.05, 0.1) is 0 Å². The summed E-state index contributed by atoms with van der Waals surface area (Å²) in [6, 6.07) is 12.7. The predicted octanol–water partition coefficient (Wildman–Crippen LogP) is 3.44. The van der Waals surface area contributed by atoms with Crippen LogP contribution in [0.15, 0.2) is 41.8 Å². The van der Waals surface area contributed by atoms with E-state index in [9.17, 15) is 0 Å². The highest BCUT2D eigenvalue weighted by molar-refractivity contribution is 7.09. The molecule has 0 radical (unpaired) electrons. The summed E-state index contributed by atoms with van der Waals surface area (Å²) < 4.78 is 0. The second-order valence-corrected chi connectivity index (χ2v) is 6.22. The van der Waals surface area contributed by atoms with Crippen molar-refractivity contribution in [3.05, 3.63) is 57.8 Å². The Hall–Kier alpha value is -1.65. The number of hydrogen-bond donors (Lipinski definition) is 2. The standard InChI is InChI=1S/C16H21N3S/c1-12(2)19(11-15-4-3-9-20-15)10-13-5-7-14(8-6-13)16(17)18/h3-9,12H,10-11H2,1-2H3,(H3,17,18). The summed E-state index contributed by atoms with van der Waals surface area (Å²) in [5.74, 6) is 0.121. The highest BCUT2D eigenvalue weighted by atomic mass is 32.1. The fourth-order valence-corrected chi connectivity index (χ4v) is 2.78. The van der Waals surface area contributed by atoms with Crippen LogP contribution in [0.1, 0.15) is 29.9 Å². The van der Waals surface area contributed by atoms with Crippen LogP contribution < -0.4 is 5.73 Å². The molecule has 0 saturated carbocycles. The lowest BCUT2D eigenvalue weighted by atomic mass is 10.1. The maximum atomic E-state index is 7.42. The maximum Gasteiger partial charge on any atom is 0.122 e. The zero-order chi connectivity index (χ0) is 14.5. The van der Waals surface area contributed by atoms with Crippen LogP contribution in [0.5, 0.6) is 0 Å². The van der Waals surface area contributed by atoms with Gasteiger partial charge in [0.15, 0.2) is 0 Å². The number of amidine groups is 1. The molecule has 1 heterocycles. The quantitative estimate of drug-likeness (QED) is 0.631. The fraction of sp³-hybridized carbons (Fsp3) is 0.312. The Bertz CT molecular complexity index is 544. The summed E-state index contributed by atoms with van der Waals surface area (Å²) in [4.78, 5) is 3.83. The zero-order valence-corrected chi connectivity index (χ0v) is 12.8. The van der Waals surface area contributed by atoms with Crippen LogP contribution in [0.2, 0.25) is 0 Å². The van der Waals surface area contributed by atoms with Crippen LogP contribution in [0.25, 0.3) is 0 Å². The molecule has 0 aliphatic heterocycles. The minimum absolute atomic E-state index is 0.121. The molecule has 0 atom stereocenters. The Kier molecular flexibility index (Phi) is 4.93. The van der Waals surface area contributed by atoms with Gasteiger partial charge >= 0.3 is 0 Å². The molecule has 1 aromatic carbocycles. The highest BCUT2D eigenvalue weighted by Gasteiger charge is 2.11. The van der Waals surface area contributed by atoms with Gasteiger partial charge in [0.1, 0.15) is 5.84 Å². The average molecular weight is 287 g/mol. The summed E-state index contributed by atoms with van der Waals surface area (Å²) in [6.45, 7) is 6.33. The molecule has 106 valence electrons. The zero-order valence-electron chi connectivity index (χ0n) is 12.0. The van der Waals surface area contributed by atoms with Crippen molar-refractivity contribution in [1.29, 1.82) is 5.41 Å². The van der Waals surface area contributed by atoms with Gasteiger partial charge in [-0.2, -0.15) is 0 Å². The van der Waals surface area contributed by atoms with E-state index >= 15 is 0 Å². The summed E-state index contributed by atoms with van der Waals surface area (Å²) in [5, 5.41) is 9.54. The van der Waals surface area contributed by atoms with Crippen molar-refractivity contribution in [2.24, 2.45) is 5.73 Å². The molecule has 1 aromatic heterocycles. The third-order valence-electron chi connectivity index (χ3n) is 3.32. The van der Waals surface area contributed by atoms with Crippen molar-refractivity contribution in [2.45, 2.75) is 33.0 Å². The molecule has 0 bridgehead atoms. The van der Waals surface area contributed by atoms with Crippen molar-refractivity contribution in [2.75, 3.05) is 0 Å². The first-order valence-electron chi connectivity index (χ1n) is 6.76. The van der Waals surface area contributed by atoms with Gasteiger partial charge < -0.3 is 5.73 Å². The van der Waals surface area contributed by atoms with E-state index < -0.39 is 0 Å². The SMILES string of the molecule is CC(C)N(Cc1ccc(C(=N)N)cc1)Cc1cccs1. The minimum Gasteiger partial charge on any atom is -0.384 e. The molecular weight excluding hydrogens is 266 g/mol. The predicted molar refractivity (Wildman–Crippen MR) is 86.2 cm³/mol. The Morgan fingerprint density at radius 2 is 1.90 bits per heavy atom. The molecule has 20 heavy (non-hydrogen) atoms. The molecule has 4 heteroatoms. The van der Waals surface area contributed by atoms with Crippen LogP contribution in [0.3, 0.4) is 0 Å². The summed E-state index contributed by atoms with van der Waals surface area (Å²) in [7, 11) is 0. The number of thiophene rings is 1. The number of nitrogens with two attached hydrogens (primary N) is 1. The normalized spacial score (nSPS) is 11.2. The number of nitrogens with zero attached hydrogens (tertiary/aromatic N) is 1. The van der Waals surface area contributed by atoms with Crippen LogP contribution in [-0.4, -0.2) is 16.8 Å². The number of benzene rings is 1. The van der Waals surface area contributed by atoms with E-state index in [2.05, 4.69) is 48.4 Å². The van der Waals surface area contributed by atoms with Crippen molar-refractivity contribution in [1.82, 2.24) is 4.90 Å². The molecule has 3 N–H and O–H groups in total. The van der Waals surface area contributed by atoms with Gasteiger partial charge in [0.2, 0.25) is 0 Å². The first kappa shape index (κ1) is 14.8. The molecular formula is C16H21N3S. The lowest BCUT2D eigenvalue weighted by Crippen LogP contribution is -2.29. The first-order chi connectivity index (χ1) is 9.56. The van der Waals surface area contributed by atoms with Crippen LogP contribution in [-0.2, 0) is 13.1 Å². The molecule has 0 aliphatic carbocycles. The van der Waals surface area contributed by atoms with E-state index in [4.69, 9.17) is 11.1 Å². The van der Waals surface area contributed by atoms with Gasteiger partial charge in [-0.15, -0.1) is 11.3 Å². The van der Waals surface area contributed by atoms with E-state index in [1.165, 1.54) is 10.4 Å². The number of nitrogens with one attached hydrogen (secondary N) is 1. The lowest BCUT2D eigenvalue weighted by Gasteiger charge is -2.26. The molecule has 0 fully saturated rings. The van der Waals surface area contributed by atoms with Crippen molar-refractivity contribution in [3.8, 4) is 0 Å². The van der Waals surface area contributed by atoms with Crippen molar-refractivity contribution >= 4 is 17.2 Å². The van der Waals surface area contributed by atoms with Gasteiger partial charge in [0.25, 0.3) is 0 Å². The fourth-order valence-electron chi connectivity index (χ4n) is 2.05. The third-order valence-corrected chi connectivity index (χ3v) is 4.18. The van der Waals surface area contributed by atoms with Crippen molar-refractivity contribution < 1.29 is 0 Å². The molecule has 0 unspecified atom stereocenters. The number of hydrogen-bond acceptors (Lipinski definition) is 3. The molecule has 0 spiro atoms. The molecule has 2 aromatic rings. The highest BCUT2D eigenvalue weighted by Crippen LogP contribution is 2.17. The minimum atomic E-state index is 0.121. The topological polar surface area (TPSA) is 53.1 Å². The first-order valence-corrected chi connectivity index (χ1v) is 7.64. The largest absolute Gasteiger partial charge is 0.384 e. The Labute approximate surface area is 124 Å². The average Bonchev–Trinajstić information content (AvgIpc) is 2.91. The Balaban J connectivity index is 2.06. The van der Waals surface area contributed by atoms with Gasteiger partial charge in [-0.3, -0.25) is 10.3 Å². The van der Waals surface area contributed by atoms with E-state index in [0.717, 1.165) is 18.7 Å². The van der Waals surface area contributed by atoms with E-state index in [1.807, 2.05) is 12.1 Å². The second-order valence-electron chi connectivity index (χ2n) is 5.19. The summed E-state index contributed by atoms with van der Waals surface area (Å²) in [5.41, 5.74) is 7.51. The Morgan fingerprint density at radius 1 is 1.20 bits per heavy atom. The van der Waals surface area contributed by atoms with Crippen LogP contribution in [0.4, 0.5) is 0 Å².